The fourth-order valence-corrected chi connectivity index (χ4v) is 4.86. The predicted molar refractivity (Wildman–Crippen MR) is 97.0 cm³/mol. The first-order chi connectivity index (χ1) is 10.0. The second-order valence-electron chi connectivity index (χ2n) is 6.42. The second kappa shape index (κ2) is 7.58. The summed E-state index contributed by atoms with van der Waals surface area (Å²) in [6.45, 7) is 12.7. The van der Waals surface area contributed by atoms with E-state index in [0.717, 1.165) is 19.0 Å². The highest BCUT2D eigenvalue weighted by Gasteiger charge is 2.39. The molecule has 0 spiro atoms. The van der Waals surface area contributed by atoms with Crippen molar-refractivity contribution >= 4 is 27.3 Å². The molecule has 120 valence electrons. The highest BCUT2D eigenvalue weighted by Crippen LogP contribution is 2.32. The van der Waals surface area contributed by atoms with Crippen LogP contribution in [0, 0.1) is 5.92 Å². The Kier molecular flexibility index (Phi) is 6.30. The minimum absolute atomic E-state index is 0.320. The van der Waals surface area contributed by atoms with E-state index in [1.165, 1.54) is 35.2 Å². The third-order valence-electron chi connectivity index (χ3n) is 5.40. The minimum atomic E-state index is 0.320. The number of hydrogen-bond acceptors (Lipinski definition) is 3. The topological polar surface area (TPSA) is 15.3 Å². The van der Waals surface area contributed by atoms with Gasteiger partial charge in [0, 0.05) is 45.9 Å². The number of halogens is 1. The number of thiophene rings is 1. The molecule has 1 saturated heterocycles. The maximum absolute atomic E-state index is 3.84. The van der Waals surface area contributed by atoms with Gasteiger partial charge in [-0.05, 0) is 40.8 Å². The quantitative estimate of drug-likeness (QED) is 0.764. The third-order valence-corrected chi connectivity index (χ3v) is 7.08. The summed E-state index contributed by atoms with van der Waals surface area (Å²) >= 11 is 5.46. The lowest BCUT2D eigenvalue weighted by atomic mass is 9.84. The van der Waals surface area contributed by atoms with Crippen LogP contribution in [0.3, 0.4) is 0 Å². The lowest BCUT2D eigenvalue weighted by Crippen LogP contribution is -2.65. The Balaban J connectivity index is 2.16. The third kappa shape index (κ3) is 3.90. The van der Waals surface area contributed by atoms with E-state index in [1.54, 1.807) is 0 Å². The number of nitrogens with one attached hydrogen (secondary N) is 1. The van der Waals surface area contributed by atoms with Crippen molar-refractivity contribution in [3.63, 3.8) is 0 Å². The molecule has 1 aromatic rings. The van der Waals surface area contributed by atoms with Crippen LogP contribution in [0.25, 0.3) is 0 Å². The van der Waals surface area contributed by atoms with Crippen LogP contribution in [-0.4, -0.2) is 29.6 Å². The van der Waals surface area contributed by atoms with Gasteiger partial charge >= 0.3 is 0 Å². The Hall–Kier alpha value is 0.1000. The average Bonchev–Trinajstić information content (AvgIpc) is 2.92. The summed E-state index contributed by atoms with van der Waals surface area (Å²) < 4.78 is 1.22. The lowest BCUT2D eigenvalue weighted by Gasteiger charge is -2.50. The minimum Gasteiger partial charge on any atom is -0.311 e. The molecule has 1 aromatic heterocycles. The first-order valence-corrected chi connectivity index (χ1v) is 9.93. The summed E-state index contributed by atoms with van der Waals surface area (Å²) in [6, 6.07) is 2.91. The van der Waals surface area contributed by atoms with Crippen LogP contribution < -0.4 is 5.32 Å². The van der Waals surface area contributed by atoms with Gasteiger partial charge < -0.3 is 5.32 Å². The number of piperazine rings is 1. The van der Waals surface area contributed by atoms with Crippen molar-refractivity contribution < 1.29 is 0 Å². The molecule has 4 heteroatoms. The van der Waals surface area contributed by atoms with E-state index >= 15 is 0 Å². The average molecular weight is 373 g/mol. The maximum atomic E-state index is 3.84. The van der Waals surface area contributed by atoms with Crippen molar-refractivity contribution in [1.29, 1.82) is 0 Å². The monoisotopic (exact) mass is 372 g/mol. The molecule has 2 unspecified atom stereocenters. The fourth-order valence-electron chi connectivity index (χ4n) is 3.40. The van der Waals surface area contributed by atoms with Gasteiger partial charge in [-0.15, -0.1) is 11.3 Å². The van der Waals surface area contributed by atoms with Crippen molar-refractivity contribution in [1.82, 2.24) is 10.2 Å². The molecule has 21 heavy (non-hydrogen) atoms. The number of rotatable bonds is 6. The summed E-state index contributed by atoms with van der Waals surface area (Å²) in [6.07, 6.45) is 3.69. The number of nitrogens with zero attached hydrogens (tertiary/aromatic N) is 1. The lowest BCUT2D eigenvalue weighted by molar-refractivity contribution is 0.0144. The number of hydrogen-bond donors (Lipinski definition) is 1. The molecular weight excluding hydrogens is 344 g/mol. The van der Waals surface area contributed by atoms with Crippen molar-refractivity contribution in [3.05, 3.63) is 20.8 Å². The second-order valence-corrected chi connectivity index (χ2v) is 8.33. The summed E-state index contributed by atoms with van der Waals surface area (Å²) in [5.74, 6) is 0.745. The normalized spacial score (nSPS) is 24.1. The van der Waals surface area contributed by atoms with Crippen LogP contribution in [0.1, 0.15) is 51.8 Å². The molecule has 0 bridgehead atoms. The highest BCUT2D eigenvalue weighted by atomic mass is 79.9. The molecular formula is C17H29BrN2S. The van der Waals surface area contributed by atoms with E-state index in [0.29, 0.717) is 11.6 Å². The standard InChI is InChI=1S/C17H29BrN2S/c1-5-13(4)16-10-20(9-15-8-14(18)11-21-15)17(6-2,7-3)12-19-16/h8,11,13,16,19H,5-7,9-10,12H2,1-4H3. The Bertz CT molecular complexity index is 442. The molecule has 0 aromatic carbocycles. The van der Waals surface area contributed by atoms with Gasteiger partial charge in [0.2, 0.25) is 0 Å². The molecule has 1 aliphatic rings. The van der Waals surface area contributed by atoms with Crippen molar-refractivity contribution in [2.75, 3.05) is 13.1 Å². The Morgan fingerprint density at radius 1 is 1.43 bits per heavy atom. The van der Waals surface area contributed by atoms with Crippen molar-refractivity contribution in [2.24, 2.45) is 5.92 Å². The fraction of sp³-hybridized carbons (Fsp3) is 0.765. The van der Waals surface area contributed by atoms with Gasteiger partial charge in [-0.25, -0.2) is 0 Å². The Morgan fingerprint density at radius 2 is 2.14 bits per heavy atom. The zero-order valence-electron chi connectivity index (χ0n) is 13.8. The molecule has 2 heterocycles. The largest absolute Gasteiger partial charge is 0.311 e. The summed E-state index contributed by atoms with van der Waals surface area (Å²) in [4.78, 5) is 4.22. The zero-order chi connectivity index (χ0) is 15.5. The Morgan fingerprint density at radius 3 is 2.67 bits per heavy atom. The van der Waals surface area contributed by atoms with E-state index < -0.39 is 0 Å². The van der Waals surface area contributed by atoms with Crippen molar-refractivity contribution in [3.8, 4) is 0 Å². The van der Waals surface area contributed by atoms with Gasteiger partial charge in [-0.3, -0.25) is 4.90 Å². The molecule has 2 rings (SSSR count). The maximum Gasteiger partial charge on any atom is 0.0335 e. The molecule has 0 aliphatic carbocycles. The van der Waals surface area contributed by atoms with Gasteiger partial charge in [0.25, 0.3) is 0 Å². The van der Waals surface area contributed by atoms with E-state index in [1.807, 2.05) is 11.3 Å². The van der Waals surface area contributed by atoms with Gasteiger partial charge in [0.1, 0.15) is 0 Å². The van der Waals surface area contributed by atoms with E-state index in [-0.39, 0.29) is 0 Å². The molecule has 1 fully saturated rings. The molecule has 0 radical (unpaired) electrons. The molecule has 2 nitrogen and oxygen atoms in total. The van der Waals surface area contributed by atoms with Gasteiger partial charge in [0.05, 0.1) is 0 Å². The predicted octanol–water partition coefficient (Wildman–Crippen LogP) is 4.89. The highest BCUT2D eigenvalue weighted by molar-refractivity contribution is 9.10. The molecule has 0 amide bonds. The van der Waals surface area contributed by atoms with Crippen LogP contribution >= 0.6 is 27.3 Å². The SMILES string of the molecule is CCC(C)C1CN(Cc2cc(Br)cs2)C(CC)(CC)CN1. The summed E-state index contributed by atoms with van der Waals surface area (Å²) in [7, 11) is 0. The van der Waals surface area contributed by atoms with E-state index in [9.17, 15) is 0 Å². The smallest absolute Gasteiger partial charge is 0.0335 e. The molecule has 1 aliphatic heterocycles. The van der Waals surface area contributed by atoms with Crippen LogP contribution in [0.5, 0.6) is 0 Å². The van der Waals surface area contributed by atoms with Crippen molar-refractivity contribution in [2.45, 2.75) is 65.1 Å². The molecule has 0 saturated carbocycles. The van der Waals surface area contributed by atoms with Crippen LogP contribution in [-0.2, 0) is 6.54 Å². The first-order valence-electron chi connectivity index (χ1n) is 8.26. The van der Waals surface area contributed by atoms with Gasteiger partial charge in [-0.1, -0.05) is 34.1 Å². The van der Waals surface area contributed by atoms with Gasteiger partial charge in [0.15, 0.2) is 0 Å². The summed E-state index contributed by atoms with van der Waals surface area (Å²) in [5, 5.41) is 6.03. The van der Waals surface area contributed by atoms with E-state index in [2.05, 4.69) is 65.3 Å². The summed E-state index contributed by atoms with van der Waals surface area (Å²) in [5.41, 5.74) is 0.320. The van der Waals surface area contributed by atoms with Crippen LogP contribution in [0.15, 0.2) is 15.9 Å². The van der Waals surface area contributed by atoms with Gasteiger partial charge in [-0.2, -0.15) is 0 Å². The first kappa shape index (κ1) is 17.5. The van der Waals surface area contributed by atoms with Crippen LogP contribution in [0.4, 0.5) is 0 Å². The van der Waals surface area contributed by atoms with E-state index in [4.69, 9.17) is 0 Å². The molecule has 2 atom stereocenters. The molecule has 1 N–H and O–H groups in total. The van der Waals surface area contributed by atoms with Crippen LogP contribution in [0.2, 0.25) is 0 Å². The Labute approximate surface area is 142 Å². The zero-order valence-corrected chi connectivity index (χ0v) is 16.2.